The van der Waals surface area contributed by atoms with Crippen LogP contribution in [0.25, 0.3) is 0 Å². The van der Waals surface area contributed by atoms with Gasteiger partial charge < -0.3 is 20.0 Å². The Morgan fingerprint density at radius 3 is 2.71 bits per heavy atom. The predicted molar refractivity (Wildman–Crippen MR) is 108 cm³/mol. The third-order valence-electron chi connectivity index (χ3n) is 6.13. The molecular weight excluding hydrogens is 356 g/mol. The fourth-order valence-corrected chi connectivity index (χ4v) is 4.06. The highest BCUT2D eigenvalue weighted by Crippen LogP contribution is 2.29. The van der Waals surface area contributed by atoms with Gasteiger partial charge in [-0.2, -0.15) is 0 Å². The first-order chi connectivity index (χ1) is 13.3. The van der Waals surface area contributed by atoms with E-state index in [1.807, 2.05) is 38.1 Å². The minimum absolute atomic E-state index is 0.000131. The number of nitrogens with one attached hydrogen (secondary N) is 1. The molecule has 1 aromatic rings. The molecule has 2 aliphatic heterocycles. The molecule has 3 atom stereocenters. The number of hydrogen-bond acceptors (Lipinski definition) is 3. The summed E-state index contributed by atoms with van der Waals surface area (Å²) in [7, 11) is 1.78. The first-order valence-electron chi connectivity index (χ1n) is 10.0. The molecule has 0 aliphatic carbocycles. The van der Waals surface area contributed by atoms with Crippen molar-refractivity contribution < 1.29 is 14.4 Å². The monoisotopic (exact) mass is 386 g/mol. The van der Waals surface area contributed by atoms with E-state index in [0.29, 0.717) is 19.6 Å². The second kappa shape index (κ2) is 8.20. The van der Waals surface area contributed by atoms with Gasteiger partial charge in [0, 0.05) is 32.7 Å². The maximum Gasteiger partial charge on any atom is 0.321 e. The molecule has 0 aromatic heterocycles. The zero-order valence-corrected chi connectivity index (χ0v) is 17.1. The number of nitrogens with zero attached hydrogens (tertiary/aromatic N) is 3. The summed E-state index contributed by atoms with van der Waals surface area (Å²) in [5.74, 6) is -0.0966. The molecule has 3 rings (SSSR count). The van der Waals surface area contributed by atoms with Crippen molar-refractivity contribution in [2.75, 3.05) is 25.5 Å². The Hall–Kier alpha value is -2.57. The second-order valence-corrected chi connectivity index (χ2v) is 7.91. The Bertz CT molecular complexity index is 766. The largest absolute Gasteiger partial charge is 0.341 e. The van der Waals surface area contributed by atoms with Crippen molar-refractivity contribution in [3.63, 3.8) is 0 Å². The number of para-hydroxylation sites is 1. The van der Waals surface area contributed by atoms with Crippen LogP contribution in [0.15, 0.2) is 24.3 Å². The Morgan fingerprint density at radius 1 is 1.32 bits per heavy atom. The summed E-state index contributed by atoms with van der Waals surface area (Å²) in [6.45, 7) is 7.07. The molecule has 1 fully saturated rings. The summed E-state index contributed by atoms with van der Waals surface area (Å²) in [6.07, 6.45) is 1.56. The van der Waals surface area contributed by atoms with Crippen LogP contribution in [0.5, 0.6) is 0 Å². The number of rotatable bonds is 3. The van der Waals surface area contributed by atoms with E-state index in [-0.39, 0.29) is 29.8 Å². The number of amides is 4. The highest BCUT2D eigenvalue weighted by Gasteiger charge is 2.40. The van der Waals surface area contributed by atoms with Crippen LogP contribution >= 0.6 is 0 Å². The van der Waals surface area contributed by atoms with Gasteiger partial charge in [0.25, 0.3) is 0 Å². The molecule has 1 N–H and O–H groups in total. The molecule has 0 radical (unpaired) electrons. The van der Waals surface area contributed by atoms with Crippen LogP contribution in [0.1, 0.15) is 39.2 Å². The number of likely N-dealkylation sites (N-methyl/N-ethyl adjacent to an activating group) is 1. The van der Waals surface area contributed by atoms with Gasteiger partial charge >= 0.3 is 6.03 Å². The maximum atomic E-state index is 13.4. The molecule has 7 nitrogen and oxygen atoms in total. The normalized spacial score (nSPS) is 22.9. The van der Waals surface area contributed by atoms with Gasteiger partial charge in [-0.3, -0.25) is 9.59 Å². The zero-order valence-electron chi connectivity index (χ0n) is 17.1. The first-order valence-corrected chi connectivity index (χ1v) is 10.0. The molecule has 1 saturated heterocycles. The van der Waals surface area contributed by atoms with Gasteiger partial charge in [-0.15, -0.1) is 0 Å². The van der Waals surface area contributed by atoms with E-state index in [1.165, 1.54) is 0 Å². The van der Waals surface area contributed by atoms with Crippen molar-refractivity contribution in [1.29, 1.82) is 0 Å². The van der Waals surface area contributed by atoms with Crippen LogP contribution in [0.3, 0.4) is 0 Å². The van der Waals surface area contributed by atoms with Gasteiger partial charge in [-0.25, -0.2) is 4.79 Å². The van der Waals surface area contributed by atoms with Gasteiger partial charge in [-0.1, -0.05) is 38.5 Å². The summed E-state index contributed by atoms with van der Waals surface area (Å²) in [4.78, 5) is 43.3. The van der Waals surface area contributed by atoms with Crippen molar-refractivity contribution in [2.24, 2.45) is 5.92 Å². The highest BCUT2D eigenvalue weighted by atomic mass is 16.2. The van der Waals surface area contributed by atoms with Crippen molar-refractivity contribution in [3.05, 3.63) is 29.8 Å². The fraction of sp³-hybridized carbons (Fsp3) is 0.571. The lowest BCUT2D eigenvalue weighted by Gasteiger charge is -2.35. The van der Waals surface area contributed by atoms with Crippen molar-refractivity contribution in [2.45, 2.75) is 52.2 Å². The molecule has 3 unspecified atom stereocenters. The van der Waals surface area contributed by atoms with Gasteiger partial charge in [0.05, 0.1) is 12.6 Å². The number of hydrogen-bond donors (Lipinski definition) is 1. The Morgan fingerprint density at radius 2 is 2.04 bits per heavy atom. The summed E-state index contributed by atoms with van der Waals surface area (Å²) in [5.41, 5.74) is 1.71. The van der Waals surface area contributed by atoms with Crippen LogP contribution in [0.2, 0.25) is 0 Å². The van der Waals surface area contributed by atoms with Crippen molar-refractivity contribution >= 4 is 23.5 Å². The van der Waals surface area contributed by atoms with Gasteiger partial charge in [0.2, 0.25) is 11.8 Å². The van der Waals surface area contributed by atoms with E-state index >= 15 is 0 Å². The van der Waals surface area contributed by atoms with E-state index in [4.69, 9.17) is 0 Å². The van der Waals surface area contributed by atoms with E-state index in [9.17, 15) is 14.4 Å². The molecule has 7 heteroatoms. The lowest BCUT2D eigenvalue weighted by atomic mass is 9.97. The van der Waals surface area contributed by atoms with Crippen molar-refractivity contribution in [3.8, 4) is 0 Å². The number of carbonyl (C=O) groups is 3. The number of carbonyl (C=O) groups excluding carboxylic acids is 3. The zero-order chi connectivity index (χ0) is 20.4. The van der Waals surface area contributed by atoms with E-state index < -0.39 is 6.04 Å². The lowest BCUT2D eigenvalue weighted by molar-refractivity contribution is -0.129. The number of benzene rings is 1. The van der Waals surface area contributed by atoms with Gasteiger partial charge in [0.15, 0.2) is 0 Å². The van der Waals surface area contributed by atoms with E-state index in [2.05, 4.69) is 5.32 Å². The SMILES string of the molecule is CCC(C)C1C(=O)Nc2ccccc2CN1C(=O)N1CCC(N(C)C(C)=O)C1. The number of anilines is 1. The average molecular weight is 386 g/mol. The molecule has 2 heterocycles. The van der Waals surface area contributed by atoms with E-state index in [1.54, 1.807) is 28.7 Å². The van der Waals surface area contributed by atoms with Crippen LogP contribution in [0.4, 0.5) is 10.5 Å². The molecule has 152 valence electrons. The Kier molecular flexibility index (Phi) is 5.91. The van der Waals surface area contributed by atoms with Crippen LogP contribution < -0.4 is 5.32 Å². The fourth-order valence-electron chi connectivity index (χ4n) is 4.06. The third kappa shape index (κ3) is 3.84. The van der Waals surface area contributed by atoms with Gasteiger partial charge in [0.1, 0.15) is 6.04 Å². The highest BCUT2D eigenvalue weighted by molar-refractivity contribution is 5.98. The molecule has 0 bridgehead atoms. The number of likely N-dealkylation sites (tertiary alicyclic amines) is 1. The molecule has 2 aliphatic rings. The number of fused-ring (bicyclic) bond motifs is 1. The Balaban J connectivity index is 1.86. The smallest absolute Gasteiger partial charge is 0.321 e. The Labute approximate surface area is 166 Å². The molecule has 0 saturated carbocycles. The van der Waals surface area contributed by atoms with E-state index in [0.717, 1.165) is 24.1 Å². The summed E-state index contributed by atoms with van der Waals surface area (Å²) < 4.78 is 0. The minimum Gasteiger partial charge on any atom is -0.341 e. The third-order valence-corrected chi connectivity index (χ3v) is 6.13. The van der Waals surface area contributed by atoms with Crippen LogP contribution in [-0.2, 0) is 16.1 Å². The second-order valence-electron chi connectivity index (χ2n) is 7.91. The molecule has 0 spiro atoms. The van der Waals surface area contributed by atoms with Crippen LogP contribution in [0, 0.1) is 5.92 Å². The quantitative estimate of drug-likeness (QED) is 0.868. The topological polar surface area (TPSA) is 73.0 Å². The predicted octanol–water partition coefficient (Wildman–Crippen LogP) is 2.53. The molecular formula is C21H30N4O3. The van der Waals surface area contributed by atoms with Crippen molar-refractivity contribution in [1.82, 2.24) is 14.7 Å². The lowest BCUT2D eigenvalue weighted by Crippen LogP contribution is -2.53. The maximum absolute atomic E-state index is 13.4. The number of urea groups is 1. The molecule has 28 heavy (non-hydrogen) atoms. The summed E-state index contributed by atoms with van der Waals surface area (Å²) >= 11 is 0. The first kappa shape index (κ1) is 20.2. The summed E-state index contributed by atoms with van der Waals surface area (Å²) in [6, 6.07) is 7.01. The van der Waals surface area contributed by atoms with Gasteiger partial charge in [-0.05, 0) is 24.0 Å². The molecule has 4 amide bonds. The average Bonchev–Trinajstić information content (AvgIpc) is 3.11. The molecule has 1 aromatic carbocycles. The summed E-state index contributed by atoms with van der Waals surface area (Å²) in [5, 5.41) is 3.00. The van der Waals surface area contributed by atoms with Crippen LogP contribution in [-0.4, -0.2) is 64.8 Å². The standard InChI is InChI=1S/C21H30N4O3/c1-5-14(2)19-20(27)22-18-9-7-6-8-16(18)12-25(19)21(28)24-11-10-17(13-24)23(4)15(3)26/h6-9,14,17,19H,5,10-13H2,1-4H3,(H,22,27). The minimum atomic E-state index is -0.519.